The lowest BCUT2D eigenvalue weighted by Crippen LogP contribution is -2.45. The number of rotatable bonds is 5. The van der Waals surface area contributed by atoms with Crippen molar-refractivity contribution in [1.82, 2.24) is 14.9 Å². The largest absolute Gasteiger partial charge is 0.480 e. The molecular weight excluding hydrogens is 314 g/mol. The number of amides is 1. The van der Waals surface area contributed by atoms with Gasteiger partial charge in [0.25, 0.3) is 0 Å². The first kappa shape index (κ1) is 15.7. The van der Waals surface area contributed by atoms with Crippen LogP contribution in [0, 0.1) is 0 Å². The Bertz CT molecular complexity index is 648. The molecule has 0 bridgehead atoms. The third-order valence-electron chi connectivity index (χ3n) is 3.72. The standard InChI is InChI=1S/C16H19N3O3S/c1-21-14-9-17-10-15(18-14)22-12-4-2-6-19(11-12)16(20)8-13-5-3-7-23-13/h3,5,7,9-10,12H,2,4,6,8,11H2,1H3/t12-/m0/s1. The molecule has 23 heavy (non-hydrogen) atoms. The van der Waals surface area contributed by atoms with Gasteiger partial charge < -0.3 is 14.4 Å². The Morgan fingerprint density at radius 2 is 2.30 bits per heavy atom. The third-order valence-corrected chi connectivity index (χ3v) is 4.60. The smallest absolute Gasteiger partial charge is 0.235 e. The summed E-state index contributed by atoms with van der Waals surface area (Å²) < 4.78 is 10.9. The molecule has 3 rings (SSSR count). The van der Waals surface area contributed by atoms with Crippen LogP contribution in [0.15, 0.2) is 29.9 Å². The summed E-state index contributed by atoms with van der Waals surface area (Å²) in [5.74, 6) is 1.00. The Hall–Kier alpha value is -2.15. The molecule has 1 atom stereocenters. The van der Waals surface area contributed by atoms with Gasteiger partial charge in [-0.1, -0.05) is 6.07 Å². The summed E-state index contributed by atoms with van der Waals surface area (Å²) in [5, 5.41) is 1.99. The van der Waals surface area contributed by atoms with Gasteiger partial charge in [-0.3, -0.25) is 9.78 Å². The molecule has 0 N–H and O–H groups in total. The van der Waals surface area contributed by atoms with Gasteiger partial charge in [-0.15, -0.1) is 11.3 Å². The molecule has 1 amide bonds. The first-order chi connectivity index (χ1) is 11.2. The molecule has 0 radical (unpaired) electrons. The summed E-state index contributed by atoms with van der Waals surface area (Å²) in [7, 11) is 1.54. The van der Waals surface area contributed by atoms with Crippen molar-refractivity contribution in [1.29, 1.82) is 0 Å². The molecule has 6 nitrogen and oxygen atoms in total. The average Bonchev–Trinajstić information content (AvgIpc) is 3.08. The molecule has 1 aliphatic rings. The van der Waals surface area contributed by atoms with E-state index in [0.29, 0.717) is 24.7 Å². The number of hydrogen-bond donors (Lipinski definition) is 0. The van der Waals surface area contributed by atoms with Crippen molar-refractivity contribution < 1.29 is 14.3 Å². The second kappa shape index (κ2) is 7.41. The van der Waals surface area contributed by atoms with Gasteiger partial charge >= 0.3 is 0 Å². The predicted octanol–water partition coefficient (Wildman–Crippen LogP) is 2.16. The van der Waals surface area contributed by atoms with E-state index in [2.05, 4.69) is 9.97 Å². The Balaban J connectivity index is 1.58. The van der Waals surface area contributed by atoms with Crippen LogP contribution in [-0.2, 0) is 11.2 Å². The van der Waals surface area contributed by atoms with E-state index in [9.17, 15) is 4.79 Å². The molecule has 0 saturated carbocycles. The lowest BCUT2D eigenvalue weighted by atomic mass is 10.1. The van der Waals surface area contributed by atoms with Crippen LogP contribution in [0.5, 0.6) is 11.8 Å². The second-order valence-electron chi connectivity index (χ2n) is 5.38. The summed E-state index contributed by atoms with van der Waals surface area (Å²) in [5.41, 5.74) is 0. The topological polar surface area (TPSA) is 64.6 Å². The average molecular weight is 333 g/mol. The number of thiophene rings is 1. The van der Waals surface area contributed by atoms with Crippen molar-refractivity contribution in [3.05, 3.63) is 34.8 Å². The van der Waals surface area contributed by atoms with Gasteiger partial charge in [-0.2, -0.15) is 4.98 Å². The van der Waals surface area contributed by atoms with Gasteiger partial charge in [0.15, 0.2) is 0 Å². The Morgan fingerprint density at radius 1 is 1.43 bits per heavy atom. The van der Waals surface area contributed by atoms with Gasteiger partial charge in [0.2, 0.25) is 17.7 Å². The summed E-state index contributed by atoms with van der Waals surface area (Å²) >= 11 is 1.61. The lowest BCUT2D eigenvalue weighted by Gasteiger charge is -2.32. The zero-order valence-electron chi connectivity index (χ0n) is 13.0. The summed E-state index contributed by atoms with van der Waals surface area (Å²) in [4.78, 5) is 23.6. The number of aromatic nitrogens is 2. The third kappa shape index (κ3) is 4.19. The number of carbonyl (C=O) groups is 1. The van der Waals surface area contributed by atoms with E-state index in [1.807, 2.05) is 22.4 Å². The zero-order chi connectivity index (χ0) is 16.1. The predicted molar refractivity (Wildman–Crippen MR) is 86.8 cm³/mol. The maximum absolute atomic E-state index is 12.4. The van der Waals surface area contributed by atoms with E-state index in [1.54, 1.807) is 24.6 Å². The van der Waals surface area contributed by atoms with Crippen LogP contribution in [0.3, 0.4) is 0 Å². The van der Waals surface area contributed by atoms with Crippen LogP contribution in [-0.4, -0.2) is 47.1 Å². The van der Waals surface area contributed by atoms with Crippen LogP contribution >= 0.6 is 11.3 Å². The Kier molecular flexibility index (Phi) is 5.07. The fourth-order valence-electron chi connectivity index (χ4n) is 2.59. The molecular formula is C16H19N3O3S. The number of piperidine rings is 1. The molecule has 2 aromatic heterocycles. The van der Waals surface area contributed by atoms with E-state index in [4.69, 9.17) is 9.47 Å². The van der Waals surface area contributed by atoms with E-state index in [0.717, 1.165) is 24.3 Å². The summed E-state index contributed by atoms with van der Waals surface area (Å²) in [6.45, 7) is 1.37. The van der Waals surface area contributed by atoms with E-state index in [-0.39, 0.29) is 12.0 Å². The van der Waals surface area contributed by atoms with Crippen molar-refractivity contribution in [3.63, 3.8) is 0 Å². The van der Waals surface area contributed by atoms with Gasteiger partial charge in [0.05, 0.1) is 32.5 Å². The number of ether oxygens (including phenoxy) is 2. The molecule has 0 spiro atoms. The fraction of sp³-hybridized carbons (Fsp3) is 0.438. The molecule has 1 fully saturated rings. The van der Waals surface area contributed by atoms with Crippen molar-refractivity contribution >= 4 is 17.2 Å². The van der Waals surface area contributed by atoms with E-state index < -0.39 is 0 Å². The first-order valence-corrected chi connectivity index (χ1v) is 8.45. The van der Waals surface area contributed by atoms with Crippen LogP contribution in [0.2, 0.25) is 0 Å². The minimum absolute atomic E-state index is 0.0579. The van der Waals surface area contributed by atoms with Crippen molar-refractivity contribution in [3.8, 4) is 11.8 Å². The molecule has 3 heterocycles. The second-order valence-corrected chi connectivity index (χ2v) is 6.41. The van der Waals surface area contributed by atoms with Crippen LogP contribution in [0.25, 0.3) is 0 Å². The van der Waals surface area contributed by atoms with E-state index >= 15 is 0 Å². The molecule has 0 aliphatic carbocycles. The molecule has 1 saturated heterocycles. The van der Waals surface area contributed by atoms with Crippen molar-refractivity contribution in [2.75, 3.05) is 20.2 Å². The highest BCUT2D eigenvalue weighted by molar-refractivity contribution is 7.10. The van der Waals surface area contributed by atoms with Gasteiger partial charge in [0, 0.05) is 11.4 Å². The van der Waals surface area contributed by atoms with Crippen molar-refractivity contribution in [2.45, 2.75) is 25.4 Å². The van der Waals surface area contributed by atoms with Crippen molar-refractivity contribution in [2.24, 2.45) is 0 Å². The lowest BCUT2D eigenvalue weighted by molar-refractivity contribution is -0.133. The maximum atomic E-state index is 12.4. The normalized spacial score (nSPS) is 17.8. The fourth-order valence-corrected chi connectivity index (χ4v) is 3.29. The number of likely N-dealkylation sites (tertiary alicyclic amines) is 1. The molecule has 1 aliphatic heterocycles. The zero-order valence-corrected chi connectivity index (χ0v) is 13.8. The van der Waals surface area contributed by atoms with Gasteiger partial charge in [-0.05, 0) is 24.3 Å². The highest BCUT2D eigenvalue weighted by Gasteiger charge is 2.25. The van der Waals surface area contributed by atoms with Crippen LogP contribution in [0.4, 0.5) is 0 Å². The minimum Gasteiger partial charge on any atom is -0.480 e. The summed E-state index contributed by atoms with van der Waals surface area (Å²) in [6.07, 6.45) is 5.33. The van der Waals surface area contributed by atoms with Crippen LogP contribution in [0.1, 0.15) is 17.7 Å². The molecule has 122 valence electrons. The Morgan fingerprint density at radius 3 is 3.09 bits per heavy atom. The van der Waals surface area contributed by atoms with Gasteiger partial charge in [0.1, 0.15) is 6.10 Å². The van der Waals surface area contributed by atoms with Gasteiger partial charge in [-0.25, -0.2) is 0 Å². The minimum atomic E-state index is -0.0579. The first-order valence-electron chi connectivity index (χ1n) is 7.57. The molecule has 2 aromatic rings. The highest BCUT2D eigenvalue weighted by Crippen LogP contribution is 2.19. The quantitative estimate of drug-likeness (QED) is 0.839. The SMILES string of the molecule is COc1cncc(O[C@H]2CCCN(C(=O)Cc3cccs3)C2)n1. The highest BCUT2D eigenvalue weighted by atomic mass is 32.1. The molecule has 0 aromatic carbocycles. The van der Waals surface area contributed by atoms with E-state index in [1.165, 1.54) is 6.20 Å². The Labute approximate surface area is 139 Å². The van der Waals surface area contributed by atoms with Crippen LogP contribution < -0.4 is 9.47 Å². The monoisotopic (exact) mass is 333 g/mol. The maximum Gasteiger partial charge on any atom is 0.235 e. The molecule has 7 heteroatoms. The summed E-state index contributed by atoms with van der Waals surface area (Å²) in [6, 6.07) is 3.96. The number of hydrogen-bond acceptors (Lipinski definition) is 6. The number of carbonyl (C=O) groups excluding carboxylic acids is 1. The number of methoxy groups -OCH3 is 1. The molecule has 0 unspecified atom stereocenters. The number of nitrogens with zero attached hydrogens (tertiary/aromatic N) is 3.